The second kappa shape index (κ2) is 52.4. The van der Waals surface area contributed by atoms with Gasteiger partial charge in [-0.3, -0.25) is 37.3 Å². The van der Waals surface area contributed by atoms with Gasteiger partial charge in [0.1, 0.15) is 19.3 Å². The summed E-state index contributed by atoms with van der Waals surface area (Å²) in [6.45, 7) is 13.9. The number of aliphatic hydroxyl groups is 1. The van der Waals surface area contributed by atoms with E-state index in [0.717, 1.165) is 126 Å². The first-order valence-electron chi connectivity index (χ1n) is 32.3. The molecule has 3 N–H and O–H groups in total. The van der Waals surface area contributed by atoms with Crippen LogP contribution in [-0.2, 0) is 65.4 Å². The maximum atomic E-state index is 12.9. The zero-order valence-corrected chi connectivity index (χ0v) is 54.2. The second-order valence-electron chi connectivity index (χ2n) is 23.6. The van der Waals surface area contributed by atoms with E-state index in [1.54, 1.807) is 0 Å². The molecule has 0 fully saturated rings. The molecule has 5 unspecified atom stereocenters. The molecule has 0 aliphatic carbocycles. The fourth-order valence-corrected chi connectivity index (χ4v) is 10.6. The monoisotopic (exact) mass is 1200 g/mol. The molecule has 0 saturated heterocycles. The van der Waals surface area contributed by atoms with E-state index in [1.807, 2.05) is 0 Å². The van der Waals surface area contributed by atoms with Gasteiger partial charge < -0.3 is 33.8 Å². The number of carbonyl (C=O) groups excluding carboxylic acids is 4. The highest BCUT2D eigenvalue weighted by molar-refractivity contribution is 7.47. The second-order valence-corrected chi connectivity index (χ2v) is 26.6. The van der Waals surface area contributed by atoms with Crippen molar-refractivity contribution >= 4 is 39.5 Å². The Morgan fingerprint density at radius 2 is 0.593 bits per heavy atom. The van der Waals surface area contributed by atoms with Crippen molar-refractivity contribution in [2.45, 2.75) is 311 Å². The van der Waals surface area contributed by atoms with Crippen LogP contribution in [0, 0.1) is 23.7 Å². The Balaban J connectivity index is 5.27. The molecule has 19 heteroatoms. The summed E-state index contributed by atoms with van der Waals surface area (Å²) in [6, 6.07) is 0. The highest BCUT2D eigenvalue weighted by atomic mass is 31.2. The molecular formula is C62H120O17P2. The number of aliphatic hydroxyl groups excluding tert-OH is 1. The maximum absolute atomic E-state index is 12.9. The topological polar surface area (TPSA) is 237 Å². The highest BCUT2D eigenvalue weighted by Gasteiger charge is 2.30. The maximum Gasteiger partial charge on any atom is 0.472 e. The summed E-state index contributed by atoms with van der Waals surface area (Å²) in [4.78, 5) is 72.1. The lowest BCUT2D eigenvalue weighted by Crippen LogP contribution is -2.30. The van der Waals surface area contributed by atoms with Crippen molar-refractivity contribution in [3.63, 3.8) is 0 Å². The number of hydrogen-bond acceptors (Lipinski definition) is 15. The van der Waals surface area contributed by atoms with Gasteiger partial charge in [0.15, 0.2) is 12.2 Å². The zero-order valence-electron chi connectivity index (χ0n) is 52.4. The third-order valence-corrected chi connectivity index (χ3v) is 17.1. The molecule has 0 aliphatic heterocycles. The minimum absolute atomic E-state index is 0.101. The number of rotatable bonds is 59. The van der Waals surface area contributed by atoms with Gasteiger partial charge in [0.2, 0.25) is 0 Å². The largest absolute Gasteiger partial charge is 0.472 e. The quantitative estimate of drug-likeness (QED) is 0.0222. The third kappa shape index (κ3) is 53.3. The molecular weight excluding hydrogens is 1080 g/mol. The molecule has 0 aliphatic rings. The van der Waals surface area contributed by atoms with Crippen LogP contribution in [0.4, 0.5) is 0 Å². The lowest BCUT2D eigenvalue weighted by atomic mass is 10.00. The molecule has 0 aromatic carbocycles. The van der Waals surface area contributed by atoms with E-state index in [9.17, 15) is 43.2 Å². The first-order valence-corrected chi connectivity index (χ1v) is 35.3. The molecule has 0 saturated carbocycles. The van der Waals surface area contributed by atoms with Gasteiger partial charge in [-0.15, -0.1) is 0 Å². The Kier molecular flexibility index (Phi) is 51.1. The number of phosphoric ester groups is 2. The van der Waals surface area contributed by atoms with E-state index < -0.39 is 97.5 Å². The fraction of sp³-hybridized carbons (Fsp3) is 0.935. The summed E-state index contributed by atoms with van der Waals surface area (Å²) >= 11 is 0. The normalized spacial score (nSPS) is 15.5. The van der Waals surface area contributed by atoms with Gasteiger partial charge in [-0.25, -0.2) is 9.13 Å². The molecule has 8 atom stereocenters. The first kappa shape index (κ1) is 79.1. The van der Waals surface area contributed by atoms with Crippen LogP contribution in [0.25, 0.3) is 0 Å². The molecule has 0 aromatic heterocycles. The molecule has 0 amide bonds. The summed E-state index contributed by atoms with van der Waals surface area (Å²) in [6.07, 6.45) is 30.9. The average Bonchev–Trinajstić information content (AvgIpc) is 3.43. The predicted molar refractivity (Wildman–Crippen MR) is 321 cm³/mol. The van der Waals surface area contributed by atoms with Crippen LogP contribution >= 0.6 is 15.6 Å². The Hall–Kier alpha value is -1.94. The molecule has 0 radical (unpaired) electrons. The van der Waals surface area contributed by atoms with Crippen molar-refractivity contribution in [2.24, 2.45) is 23.7 Å². The van der Waals surface area contributed by atoms with Gasteiger partial charge in [-0.1, -0.05) is 242 Å². The smallest absolute Gasteiger partial charge is 0.462 e. The summed E-state index contributed by atoms with van der Waals surface area (Å²) < 4.78 is 67.9. The molecule has 81 heavy (non-hydrogen) atoms. The molecule has 0 bridgehead atoms. The molecule has 0 spiro atoms. The van der Waals surface area contributed by atoms with Crippen LogP contribution in [0.2, 0.25) is 0 Å². The van der Waals surface area contributed by atoms with E-state index in [0.29, 0.717) is 25.7 Å². The number of esters is 4. The van der Waals surface area contributed by atoms with E-state index in [2.05, 4.69) is 55.4 Å². The van der Waals surface area contributed by atoms with Gasteiger partial charge in [0, 0.05) is 25.7 Å². The molecule has 480 valence electrons. The SMILES string of the molecule is CCC(C)CCCCCCCCC(=O)OC[C@H](COP(=O)(O)OC[C@@H](O)COP(=O)(O)OC[C@@H](COC(=O)CCCCCCCCC(C)CC)OC(=O)CCCCCCCCC(C)CC)OC(=O)CCCCCCCCCCC(C)C. The summed E-state index contributed by atoms with van der Waals surface area (Å²) in [7, 11) is -9.89. The van der Waals surface area contributed by atoms with E-state index >= 15 is 0 Å². The summed E-state index contributed by atoms with van der Waals surface area (Å²) in [5.41, 5.74) is 0. The number of phosphoric acid groups is 2. The van der Waals surface area contributed by atoms with Crippen molar-refractivity contribution in [3.8, 4) is 0 Å². The molecule has 17 nitrogen and oxygen atoms in total. The van der Waals surface area contributed by atoms with E-state index in [4.69, 9.17) is 37.0 Å². The van der Waals surface area contributed by atoms with Crippen molar-refractivity contribution in [2.75, 3.05) is 39.6 Å². The zero-order chi connectivity index (χ0) is 60.4. The third-order valence-electron chi connectivity index (χ3n) is 15.2. The summed E-state index contributed by atoms with van der Waals surface area (Å²) in [5, 5.41) is 10.5. The fourth-order valence-electron chi connectivity index (χ4n) is 8.98. The van der Waals surface area contributed by atoms with E-state index in [1.165, 1.54) is 83.5 Å². The van der Waals surface area contributed by atoms with Gasteiger partial charge in [0.05, 0.1) is 26.4 Å². The van der Waals surface area contributed by atoms with Crippen LogP contribution in [0.5, 0.6) is 0 Å². The van der Waals surface area contributed by atoms with Gasteiger partial charge in [-0.05, 0) is 49.4 Å². The lowest BCUT2D eigenvalue weighted by molar-refractivity contribution is -0.161. The Morgan fingerprint density at radius 3 is 0.877 bits per heavy atom. The first-order chi connectivity index (χ1) is 38.7. The van der Waals surface area contributed by atoms with Crippen molar-refractivity contribution < 1.29 is 80.2 Å². The van der Waals surface area contributed by atoms with E-state index in [-0.39, 0.29) is 25.7 Å². The van der Waals surface area contributed by atoms with Crippen LogP contribution < -0.4 is 0 Å². The van der Waals surface area contributed by atoms with Gasteiger partial charge in [-0.2, -0.15) is 0 Å². The Morgan fingerprint density at radius 1 is 0.346 bits per heavy atom. The van der Waals surface area contributed by atoms with Crippen LogP contribution in [-0.4, -0.2) is 96.7 Å². The minimum atomic E-state index is -4.94. The number of unbranched alkanes of at least 4 members (excludes halogenated alkanes) is 22. The van der Waals surface area contributed by atoms with Crippen molar-refractivity contribution in [1.29, 1.82) is 0 Å². The van der Waals surface area contributed by atoms with Gasteiger partial charge >= 0.3 is 39.5 Å². The van der Waals surface area contributed by atoms with Crippen molar-refractivity contribution in [1.82, 2.24) is 0 Å². The van der Waals surface area contributed by atoms with Crippen LogP contribution in [0.1, 0.15) is 293 Å². The Bertz CT molecular complexity index is 1630. The number of ether oxygens (including phenoxy) is 4. The number of carbonyl (C=O) groups is 4. The molecule has 0 heterocycles. The number of hydrogen-bond donors (Lipinski definition) is 3. The van der Waals surface area contributed by atoms with Crippen molar-refractivity contribution in [3.05, 3.63) is 0 Å². The molecule has 0 rings (SSSR count). The van der Waals surface area contributed by atoms with Crippen LogP contribution in [0.3, 0.4) is 0 Å². The van der Waals surface area contributed by atoms with Crippen LogP contribution in [0.15, 0.2) is 0 Å². The minimum Gasteiger partial charge on any atom is -0.462 e. The van der Waals surface area contributed by atoms with Gasteiger partial charge in [0.25, 0.3) is 0 Å². The molecule has 0 aromatic rings. The average molecular weight is 1200 g/mol. The standard InChI is InChI=1S/C62H120O17P2/c1-9-53(6)39-31-23-16-19-26-34-42-59(64)72-48-57(78-61(66)44-36-28-15-13-12-14-22-30-38-52(4)5)50-76-80(68,69)74-46-56(63)47-75-81(70,71)77-51-58(79-62(67)45-37-29-21-18-25-33-41-55(8)11-3)49-73-60(65)43-35-27-20-17-24-32-40-54(7)10-2/h52-58,63H,9-51H2,1-8H3,(H,68,69)(H,70,71)/t53?,54?,55?,56-,57-,58-/m1/s1. The lowest BCUT2D eigenvalue weighted by Gasteiger charge is -2.21. The Labute approximate surface area is 492 Å². The predicted octanol–water partition coefficient (Wildman–Crippen LogP) is 16.6. The highest BCUT2D eigenvalue weighted by Crippen LogP contribution is 2.45. The summed E-state index contributed by atoms with van der Waals surface area (Å²) in [5.74, 6) is 0.753.